The highest BCUT2D eigenvalue weighted by atomic mass is 32.2. The van der Waals surface area contributed by atoms with Gasteiger partial charge >= 0.3 is 0 Å². The van der Waals surface area contributed by atoms with E-state index in [0.717, 1.165) is 12.3 Å². The summed E-state index contributed by atoms with van der Waals surface area (Å²) in [4.78, 5) is 0. The number of nitrogens with two attached hydrogens (primary N) is 1. The second kappa shape index (κ2) is 5.85. The third-order valence-corrected chi connectivity index (χ3v) is 1.54. The zero-order valence-electron chi connectivity index (χ0n) is 5.68. The smallest absolute Gasteiger partial charge is 0.253 e. The van der Waals surface area contributed by atoms with Gasteiger partial charge in [0.15, 0.2) is 0 Å². The monoisotopic (exact) mass is 145 g/mol. The molecule has 0 aromatic heterocycles. The number of hydrogen-bond donors (Lipinski definition) is 2. The van der Waals surface area contributed by atoms with E-state index >= 15 is 0 Å². The zero-order valence-corrected chi connectivity index (χ0v) is 6.50. The lowest BCUT2D eigenvalue weighted by atomic mass is 10.6. The van der Waals surface area contributed by atoms with E-state index in [4.69, 9.17) is 5.41 Å². The molecule has 0 bridgehead atoms. The molecular formula is C6H13N2S+. The topological polar surface area (TPSA) is 40.5 Å². The van der Waals surface area contributed by atoms with Crippen LogP contribution in [0.1, 0.15) is 6.92 Å². The molecule has 0 aromatic carbocycles. The van der Waals surface area contributed by atoms with Crippen LogP contribution in [0.25, 0.3) is 0 Å². The predicted octanol–water partition coefficient (Wildman–Crippen LogP) is 0.424. The van der Waals surface area contributed by atoms with E-state index in [0.29, 0.717) is 5.17 Å². The van der Waals surface area contributed by atoms with Gasteiger partial charge in [-0.05, 0) is 17.8 Å². The molecule has 0 rings (SSSR count). The number of amidine groups is 1. The third-order valence-electron chi connectivity index (χ3n) is 0.770. The van der Waals surface area contributed by atoms with Gasteiger partial charge < -0.3 is 0 Å². The first-order chi connectivity index (χ1) is 4.31. The van der Waals surface area contributed by atoms with Crippen molar-refractivity contribution in [2.75, 3.05) is 12.3 Å². The normalized spacial score (nSPS) is 9.00. The molecule has 0 aliphatic carbocycles. The van der Waals surface area contributed by atoms with Crippen molar-refractivity contribution in [1.82, 2.24) is 0 Å². The van der Waals surface area contributed by atoms with Gasteiger partial charge in [0.25, 0.3) is 5.17 Å². The van der Waals surface area contributed by atoms with Crippen molar-refractivity contribution in [3.63, 3.8) is 0 Å². The molecule has 0 radical (unpaired) electrons. The summed E-state index contributed by atoms with van der Waals surface area (Å²) in [6, 6.07) is 0. The van der Waals surface area contributed by atoms with Gasteiger partial charge in [-0.25, -0.2) is 5.41 Å². The Labute approximate surface area is 60.2 Å². The molecule has 0 spiro atoms. The molecule has 0 aromatic rings. The first-order valence-electron chi connectivity index (χ1n) is 2.96. The first kappa shape index (κ1) is 8.72. The highest BCUT2D eigenvalue weighted by Crippen LogP contribution is 1.92. The van der Waals surface area contributed by atoms with Crippen molar-refractivity contribution in [3.05, 3.63) is 12.7 Å². The van der Waals surface area contributed by atoms with E-state index < -0.39 is 0 Å². The maximum atomic E-state index is 7.25. The molecule has 2 nitrogen and oxygen atoms in total. The summed E-state index contributed by atoms with van der Waals surface area (Å²) < 4.78 is 0. The van der Waals surface area contributed by atoms with Crippen LogP contribution in [0.15, 0.2) is 12.7 Å². The first-order valence-corrected chi connectivity index (χ1v) is 3.95. The van der Waals surface area contributed by atoms with Crippen LogP contribution < -0.4 is 5.32 Å². The van der Waals surface area contributed by atoms with Crippen molar-refractivity contribution in [3.8, 4) is 0 Å². The fourth-order valence-corrected chi connectivity index (χ4v) is 0.930. The Morgan fingerprint density at radius 2 is 2.56 bits per heavy atom. The molecule has 0 amide bonds. The lowest BCUT2D eigenvalue weighted by Crippen LogP contribution is -2.86. The molecule has 0 fully saturated rings. The summed E-state index contributed by atoms with van der Waals surface area (Å²) >= 11 is 1.55. The van der Waals surface area contributed by atoms with Gasteiger partial charge in [-0.3, -0.25) is 5.32 Å². The summed E-state index contributed by atoms with van der Waals surface area (Å²) in [5.41, 5.74) is 0. The molecule has 0 saturated heterocycles. The summed E-state index contributed by atoms with van der Waals surface area (Å²) in [6.07, 6.45) is 1.80. The van der Waals surface area contributed by atoms with Gasteiger partial charge in [-0.15, -0.1) is 0 Å². The van der Waals surface area contributed by atoms with Crippen molar-refractivity contribution >= 4 is 16.9 Å². The summed E-state index contributed by atoms with van der Waals surface area (Å²) in [5.74, 6) is 0.979. The van der Waals surface area contributed by atoms with E-state index in [1.807, 2.05) is 12.2 Å². The largest absolute Gasteiger partial charge is 0.289 e. The van der Waals surface area contributed by atoms with Crippen LogP contribution in [0.4, 0.5) is 0 Å². The number of nitrogens with one attached hydrogen (secondary N) is 1. The molecule has 0 unspecified atom stereocenters. The molecule has 9 heavy (non-hydrogen) atoms. The molecule has 0 heterocycles. The van der Waals surface area contributed by atoms with Gasteiger partial charge in [0.2, 0.25) is 0 Å². The van der Waals surface area contributed by atoms with Crippen molar-refractivity contribution < 1.29 is 5.32 Å². The average Bonchev–Trinajstić information content (AvgIpc) is 1.85. The highest BCUT2D eigenvalue weighted by molar-refractivity contribution is 8.13. The Morgan fingerprint density at radius 3 is 3.00 bits per heavy atom. The minimum Gasteiger partial charge on any atom is -0.289 e. The Bertz CT molecular complexity index is 101. The van der Waals surface area contributed by atoms with Gasteiger partial charge in [0.1, 0.15) is 6.54 Å². The average molecular weight is 145 g/mol. The molecule has 0 aliphatic rings. The number of hydrogen-bond acceptors (Lipinski definition) is 2. The van der Waals surface area contributed by atoms with Crippen molar-refractivity contribution in [1.29, 1.82) is 5.41 Å². The fraction of sp³-hybridized carbons (Fsp3) is 0.500. The Balaban J connectivity index is 3.16. The van der Waals surface area contributed by atoms with Crippen LogP contribution in [0.5, 0.6) is 0 Å². The van der Waals surface area contributed by atoms with Crippen LogP contribution >= 0.6 is 11.8 Å². The van der Waals surface area contributed by atoms with Gasteiger partial charge in [0, 0.05) is 5.75 Å². The van der Waals surface area contributed by atoms with Gasteiger partial charge in [-0.1, -0.05) is 13.5 Å². The van der Waals surface area contributed by atoms with Crippen molar-refractivity contribution in [2.45, 2.75) is 6.92 Å². The van der Waals surface area contributed by atoms with Crippen LogP contribution in [-0.4, -0.2) is 17.5 Å². The van der Waals surface area contributed by atoms with Gasteiger partial charge in [0.05, 0.1) is 0 Å². The second-order valence-electron chi connectivity index (χ2n) is 1.53. The summed E-state index contributed by atoms with van der Waals surface area (Å²) in [5, 5.41) is 9.76. The van der Waals surface area contributed by atoms with Crippen LogP contribution in [0.2, 0.25) is 0 Å². The van der Waals surface area contributed by atoms with Crippen LogP contribution in [0.3, 0.4) is 0 Å². The quantitative estimate of drug-likeness (QED) is 0.337. The summed E-state index contributed by atoms with van der Waals surface area (Å²) in [6.45, 7) is 6.41. The standard InChI is InChI=1S/C6H12N2S/c1-3-5-8-6(7)9-4-2/h3H,1,4-5H2,2H3,(H2,7,8)/p+1. The molecular weight excluding hydrogens is 132 g/mol. The van der Waals surface area contributed by atoms with E-state index in [9.17, 15) is 0 Å². The fourth-order valence-electron chi connectivity index (χ4n) is 0.405. The minimum absolute atomic E-state index is 0.650. The molecule has 3 heteroatoms. The third kappa shape index (κ3) is 5.59. The van der Waals surface area contributed by atoms with Crippen LogP contribution in [0, 0.1) is 5.41 Å². The van der Waals surface area contributed by atoms with E-state index in [1.54, 1.807) is 17.8 Å². The maximum Gasteiger partial charge on any atom is 0.253 e. The Hall–Kier alpha value is -0.280. The maximum absolute atomic E-state index is 7.25. The Morgan fingerprint density at radius 1 is 1.89 bits per heavy atom. The molecule has 0 aliphatic heterocycles. The van der Waals surface area contributed by atoms with E-state index in [2.05, 4.69) is 6.58 Å². The predicted molar refractivity (Wildman–Crippen MR) is 42.8 cm³/mol. The number of rotatable bonds is 3. The minimum atomic E-state index is 0.650. The van der Waals surface area contributed by atoms with Crippen LogP contribution in [-0.2, 0) is 0 Å². The Kier molecular flexibility index (Phi) is 5.67. The molecule has 0 saturated carbocycles. The zero-order chi connectivity index (χ0) is 7.11. The highest BCUT2D eigenvalue weighted by Gasteiger charge is 1.95. The van der Waals surface area contributed by atoms with Gasteiger partial charge in [-0.2, -0.15) is 0 Å². The lowest BCUT2D eigenvalue weighted by molar-refractivity contribution is -0.524. The summed E-state index contributed by atoms with van der Waals surface area (Å²) in [7, 11) is 0. The molecule has 52 valence electrons. The van der Waals surface area contributed by atoms with E-state index in [1.165, 1.54) is 0 Å². The SMILES string of the molecule is C=CC[NH2+]C(=N)SCC. The van der Waals surface area contributed by atoms with Crippen molar-refractivity contribution in [2.24, 2.45) is 0 Å². The van der Waals surface area contributed by atoms with E-state index in [-0.39, 0.29) is 0 Å². The number of thioether (sulfide) groups is 1. The number of quaternary nitrogens is 1. The second-order valence-corrected chi connectivity index (χ2v) is 2.83. The molecule has 0 atom stereocenters. The lowest BCUT2D eigenvalue weighted by Gasteiger charge is -1.94. The molecule has 3 N–H and O–H groups in total.